The lowest BCUT2D eigenvalue weighted by atomic mass is 9.97. The molecular formula is C21H21ClN2OS. The molecule has 1 fully saturated rings. The summed E-state index contributed by atoms with van der Waals surface area (Å²) in [5.41, 5.74) is 2.41. The van der Waals surface area contributed by atoms with Crippen LogP contribution in [0.2, 0.25) is 4.34 Å². The number of amides is 1. The summed E-state index contributed by atoms with van der Waals surface area (Å²) in [6, 6.07) is 14.0. The van der Waals surface area contributed by atoms with Gasteiger partial charge >= 0.3 is 0 Å². The number of hydrogen-bond donors (Lipinski definition) is 0. The van der Waals surface area contributed by atoms with Gasteiger partial charge in [0.25, 0.3) is 5.91 Å². The van der Waals surface area contributed by atoms with E-state index in [1.54, 1.807) is 0 Å². The highest BCUT2D eigenvalue weighted by molar-refractivity contribution is 7.19. The molecule has 1 aromatic carbocycles. The number of halogens is 1. The van der Waals surface area contributed by atoms with Gasteiger partial charge in [-0.25, -0.2) is 4.98 Å². The van der Waals surface area contributed by atoms with Crippen molar-refractivity contribution in [1.29, 1.82) is 0 Å². The summed E-state index contributed by atoms with van der Waals surface area (Å²) >= 11 is 7.59. The summed E-state index contributed by atoms with van der Waals surface area (Å²) in [4.78, 5) is 21.3. The minimum absolute atomic E-state index is 0.124. The summed E-state index contributed by atoms with van der Waals surface area (Å²) in [6.45, 7) is 3.01. The molecule has 3 heterocycles. The maximum Gasteiger partial charge on any atom is 0.254 e. The molecule has 1 unspecified atom stereocenters. The number of fused-ring (bicyclic) bond motifs is 1. The zero-order chi connectivity index (χ0) is 18.1. The molecule has 1 aliphatic rings. The Balaban J connectivity index is 1.83. The predicted octanol–water partition coefficient (Wildman–Crippen LogP) is 6.02. The number of thiophene rings is 1. The number of benzene rings is 1. The van der Waals surface area contributed by atoms with Crippen LogP contribution < -0.4 is 0 Å². The zero-order valence-electron chi connectivity index (χ0n) is 14.7. The Bertz CT molecular complexity index is 952. The molecule has 3 nitrogen and oxygen atoms in total. The van der Waals surface area contributed by atoms with Crippen molar-refractivity contribution in [3.05, 3.63) is 52.4 Å². The number of aromatic nitrogens is 1. The first-order chi connectivity index (χ1) is 12.7. The highest BCUT2D eigenvalue weighted by Gasteiger charge is 2.27. The number of hydrogen-bond acceptors (Lipinski definition) is 3. The highest BCUT2D eigenvalue weighted by atomic mass is 35.5. The Labute approximate surface area is 162 Å². The Morgan fingerprint density at radius 2 is 2.12 bits per heavy atom. The van der Waals surface area contributed by atoms with Crippen molar-refractivity contribution < 1.29 is 4.79 Å². The van der Waals surface area contributed by atoms with E-state index in [-0.39, 0.29) is 5.91 Å². The van der Waals surface area contributed by atoms with E-state index in [0.717, 1.165) is 57.2 Å². The molecule has 1 saturated heterocycles. The van der Waals surface area contributed by atoms with Crippen molar-refractivity contribution in [2.75, 3.05) is 6.54 Å². The molecule has 1 amide bonds. The normalized spacial score (nSPS) is 17.6. The second-order valence-corrected chi connectivity index (χ2v) is 8.45. The number of piperidine rings is 1. The molecule has 0 N–H and O–H groups in total. The first-order valence-corrected chi connectivity index (χ1v) is 10.3. The SMILES string of the molecule is CCC1CCCCN1C(=O)c1cc(-c2ccc(Cl)s2)nc2ccccc12. The van der Waals surface area contributed by atoms with Crippen LogP contribution in [-0.2, 0) is 0 Å². The zero-order valence-corrected chi connectivity index (χ0v) is 16.3. The van der Waals surface area contributed by atoms with Crippen molar-refractivity contribution in [2.24, 2.45) is 0 Å². The average Bonchev–Trinajstić information content (AvgIpc) is 3.13. The molecule has 0 radical (unpaired) electrons. The molecular weight excluding hydrogens is 364 g/mol. The number of carbonyl (C=O) groups excluding carboxylic acids is 1. The number of nitrogens with zero attached hydrogens (tertiary/aromatic N) is 2. The monoisotopic (exact) mass is 384 g/mol. The minimum atomic E-state index is 0.124. The summed E-state index contributed by atoms with van der Waals surface area (Å²) in [6.07, 6.45) is 4.39. The third kappa shape index (κ3) is 3.24. The maximum absolute atomic E-state index is 13.4. The van der Waals surface area contributed by atoms with E-state index < -0.39 is 0 Å². The largest absolute Gasteiger partial charge is 0.336 e. The molecule has 2 aromatic heterocycles. The number of rotatable bonds is 3. The van der Waals surface area contributed by atoms with Gasteiger partial charge in [-0.15, -0.1) is 11.3 Å². The molecule has 5 heteroatoms. The topological polar surface area (TPSA) is 33.2 Å². The first-order valence-electron chi connectivity index (χ1n) is 9.14. The maximum atomic E-state index is 13.4. The molecule has 0 saturated carbocycles. The van der Waals surface area contributed by atoms with Crippen LogP contribution >= 0.6 is 22.9 Å². The van der Waals surface area contributed by atoms with Gasteiger partial charge in [-0.05, 0) is 49.9 Å². The Morgan fingerprint density at radius 1 is 1.27 bits per heavy atom. The van der Waals surface area contributed by atoms with E-state index in [1.807, 2.05) is 42.5 Å². The Hall–Kier alpha value is -1.91. The van der Waals surface area contributed by atoms with Gasteiger partial charge in [-0.1, -0.05) is 36.7 Å². The summed E-state index contributed by atoms with van der Waals surface area (Å²) < 4.78 is 0.727. The van der Waals surface area contributed by atoms with Crippen LogP contribution in [0.4, 0.5) is 0 Å². The molecule has 0 aliphatic carbocycles. The highest BCUT2D eigenvalue weighted by Crippen LogP contribution is 2.33. The quantitative estimate of drug-likeness (QED) is 0.553. The van der Waals surface area contributed by atoms with Crippen molar-refractivity contribution in [3.63, 3.8) is 0 Å². The first kappa shape index (κ1) is 17.5. The van der Waals surface area contributed by atoms with Gasteiger partial charge in [-0.2, -0.15) is 0 Å². The van der Waals surface area contributed by atoms with Gasteiger partial charge in [0.1, 0.15) is 0 Å². The lowest BCUT2D eigenvalue weighted by molar-refractivity contribution is 0.0610. The van der Waals surface area contributed by atoms with E-state index >= 15 is 0 Å². The van der Waals surface area contributed by atoms with E-state index in [0.29, 0.717) is 6.04 Å². The predicted molar refractivity (Wildman–Crippen MR) is 109 cm³/mol. The minimum Gasteiger partial charge on any atom is -0.336 e. The van der Waals surface area contributed by atoms with Crippen molar-refractivity contribution in [3.8, 4) is 10.6 Å². The Kier molecular flexibility index (Phi) is 4.96. The van der Waals surface area contributed by atoms with Crippen LogP contribution in [0.1, 0.15) is 43.0 Å². The van der Waals surface area contributed by atoms with Gasteiger partial charge in [0.2, 0.25) is 0 Å². The standard InChI is InChI=1S/C21H21ClN2OS/c1-2-14-7-5-6-12-24(14)21(25)16-13-18(19-10-11-20(22)26-19)23-17-9-4-3-8-15(16)17/h3-4,8-11,13-14H,2,5-7,12H2,1H3. The third-order valence-corrected chi connectivity index (χ3v) is 6.39. The van der Waals surface area contributed by atoms with Crippen molar-refractivity contribution in [1.82, 2.24) is 9.88 Å². The van der Waals surface area contributed by atoms with E-state index in [1.165, 1.54) is 17.8 Å². The van der Waals surface area contributed by atoms with E-state index in [4.69, 9.17) is 16.6 Å². The van der Waals surface area contributed by atoms with Gasteiger partial charge in [0.05, 0.1) is 26.0 Å². The number of pyridine rings is 1. The molecule has 1 atom stereocenters. The fourth-order valence-corrected chi connectivity index (χ4v) is 4.78. The second-order valence-electron chi connectivity index (χ2n) is 6.73. The fraction of sp³-hybridized carbons (Fsp3) is 0.333. The summed E-state index contributed by atoms with van der Waals surface area (Å²) in [7, 11) is 0. The van der Waals surface area contributed by atoms with Gasteiger partial charge in [0.15, 0.2) is 0 Å². The smallest absolute Gasteiger partial charge is 0.254 e. The molecule has 134 valence electrons. The van der Waals surface area contributed by atoms with Crippen LogP contribution in [-0.4, -0.2) is 28.4 Å². The van der Waals surface area contributed by atoms with Gasteiger partial charge < -0.3 is 4.90 Å². The fourth-order valence-electron chi connectivity index (χ4n) is 3.78. The van der Waals surface area contributed by atoms with Gasteiger partial charge in [0, 0.05) is 18.0 Å². The summed E-state index contributed by atoms with van der Waals surface area (Å²) in [5, 5.41) is 0.921. The molecule has 1 aliphatic heterocycles. The van der Waals surface area contributed by atoms with Crippen LogP contribution in [0.15, 0.2) is 42.5 Å². The summed E-state index contributed by atoms with van der Waals surface area (Å²) in [5.74, 6) is 0.124. The second kappa shape index (κ2) is 7.37. The lowest BCUT2D eigenvalue weighted by Gasteiger charge is -2.35. The van der Waals surface area contributed by atoms with E-state index in [2.05, 4.69) is 11.8 Å². The van der Waals surface area contributed by atoms with Crippen LogP contribution in [0.3, 0.4) is 0 Å². The molecule has 4 rings (SSSR count). The number of para-hydroxylation sites is 1. The lowest BCUT2D eigenvalue weighted by Crippen LogP contribution is -2.43. The van der Waals surface area contributed by atoms with Crippen molar-refractivity contribution in [2.45, 2.75) is 38.6 Å². The van der Waals surface area contributed by atoms with Crippen LogP contribution in [0, 0.1) is 0 Å². The third-order valence-electron chi connectivity index (χ3n) is 5.13. The van der Waals surface area contributed by atoms with E-state index in [9.17, 15) is 4.79 Å². The number of likely N-dealkylation sites (tertiary alicyclic amines) is 1. The van der Waals surface area contributed by atoms with Crippen LogP contribution in [0.25, 0.3) is 21.5 Å². The molecule has 3 aromatic rings. The number of carbonyl (C=O) groups is 1. The Morgan fingerprint density at radius 3 is 2.88 bits per heavy atom. The molecule has 0 spiro atoms. The van der Waals surface area contributed by atoms with Crippen LogP contribution in [0.5, 0.6) is 0 Å². The van der Waals surface area contributed by atoms with Gasteiger partial charge in [-0.3, -0.25) is 4.79 Å². The average molecular weight is 385 g/mol. The molecule has 0 bridgehead atoms. The van der Waals surface area contributed by atoms with Crippen molar-refractivity contribution >= 4 is 39.7 Å². The molecule has 26 heavy (non-hydrogen) atoms.